The maximum absolute atomic E-state index is 11.2. The predicted octanol–water partition coefficient (Wildman–Crippen LogP) is 1.13. The highest BCUT2D eigenvalue weighted by molar-refractivity contribution is 7.17. The third-order valence-electron chi connectivity index (χ3n) is 2.15. The summed E-state index contributed by atoms with van der Waals surface area (Å²) in [4.78, 5) is 15.8. The van der Waals surface area contributed by atoms with Crippen molar-refractivity contribution in [2.75, 3.05) is 25.6 Å². The van der Waals surface area contributed by atoms with E-state index in [9.17, 15) is 4.79 Å². The minimum absolute atomic E-state index is 0.307. The van der Waals surface area contributed by atoms with Gasteiger partial charge in [0.2, 0.25) is 0 Å². The molecule has 0 saturated carbocycles. The molecule has 1 saturated heterocycles. The molecule has 0 bridgehead atoms. The van der Waals surface area contributed by atoms with Crippen molar-refractivity contribution < 1.29 is 14.3 Å². The van der Waals surface area contributed by atoms with Crippen LogP contribution < -0.4 is 5.32 Å². The Balaban J connectivity index is 1.97. The fraction of sp³-hybridized carbons (Fsp3) is 0.556. The number of aromatic nitrogens is 1. The van der Waals surface area contributed by atoms with E-state index in [1.807, 2.05) is 0 Å². The van der Waals surface area contributed by atoms with Crippen molar-refractivity contribution in [3.05, 3.63) is 11.1 Å². The molecule has 1 fully saturated rings. The Morgan fingerprint density at radius 2 is 2.67 bits per heavy atom. The monoisotopic (exact) mass is 228 g/mol. The number of hydrogen-bond donors (Lipinski definition) is 1. The molecule has 2 heterocycles. The Kier molecular flexibility index (Phi) is 3.17. The Labute approximate surface area is 91.4 Å². The van der Waals surface area contributed by atoms with Gasteiger partial charge in [-0.3, -0.25) is 0 Å². The molecule has 2 rings (SSSR count). The van der Waals surface area contributed by atoms with Crippen molar-refractivity contribution in [2.24, 2.45) is 0 Å². The molecule has 15 heavy (non-hydrogen) atoms. The Bertz CT molecular complexity index is 347. The first-order valence-corrected chi connectivity index (χ1v) is 5.49. The molecule has 82 valence electrons. The summed E-state index contributed by atoms with van der Waals surface area (Å²) in [5, 5.41) is 3.96. The first kappa shape index (κ1) is 10.4. The van der Waals surface area contributed by atoms with E-state index < -0.39 is 0 Å². The van der Waals surface area contributed by atoms with Gasteiger partial charge in [-0.25, -0.2) is 9.78 Å². The largest absolute Gasteiger partial charge is 0.465 e. The van der Waals surface area contributed by atoms with E-state index in [1.54, 1.807) is 0 Å². The van der Waals surface area contributed by atoms with Crippen molar-refractivity contribution >= 4 is 22.4 Å². The average molecular weight is 228 g/mol. The van der Waals surface area contributed by atoms with Gasteiger partial charge in [-0.2, -0.15) is 0 Å². The van der Waals surface area contributed by atoms with Crippen molar-refractivity contribution in [1.29, 1.82) is 0 Å². The summed E-state index contributed by atoms with van der Waals surface area (Å²) in [6.45, 7) is 1.49. The second-order valence-corrected chi connectivity index (χ2v) is 4.26. The van der Waals surface area contributed by atoms with Crippen LogP contribution in [0, 0.1) is 0 Å². The standard InChI is InChI=1S/C9H12N2O3S/c1-13-8(12)7-4-10-9(15-7)11-6-2-3-14-5-6/h4,6H,2-3,5H2,1H3,(H,10,11). The topological polar surface area (TPSA) is 60.5 Å². The van der Waals surface area contributed by atoms with Crippen LogP contribution in [0.4, 0.5) is 5.13 Å². The first-order valence-electron chi connectivity index (χ1n) is 4.68. The van der Waals surface area contributed by atoms with Gasteiger partial charge in [0, 0.05) is 6.61 Å². The molecule has 5 nitrogen and oxygen atoms in total. The van der Waals surface area contributed by atoms with Crippen LogP contribution in [0.2, 0.25) is 0 Å². The summed E-state index contributed by atoms with van der Waals surface area (Å²) in [5.41, 5.74) is 0. The summed E-state index contributed by atoms with van der Waals surface area (Å²) in [7, 11) is 1.36. The number of esters is 1. The van der Waals surface area contributed by atoms with Crippen LogP contribution >= 0.6 is 11.3 Å². The van der Waals surface area contributed by atoms with E-state index in [-0.39, 0.29) is 5.97 Å². The van der Waals surface area contributed by atoms with Gasteiger partial charge in [0.25, 0.3) is 0 Å². The number of nitrogens with zero attached hydrogens (tertiary/aromatic N) is 1. The Morgan fingerprint density at radius 1 is 1.80 bits per heavy atom. The quantitative estimate of drug-likeness (QED) is 0.786. The molecule has 0 amide bonds. The van der Waals surface area contributed by atoms with Crippen molar-refractivity contribution in [2.45, 2.75) is 12.5 Å². The van der Waals surface area contributed by atoms with E-state index in [1.165, 1.54) is 24.6 Å². The molecule has 0 spiro atoms. The van der Waals surface area contributed by atoms with E-state index in [2.05, 4.69) is 15.0 Å². The van der Waals surface area contributed by atoms with Gasteiger partial charge in [0.1, 0.15) is 4.88 Å². The molecule has 1 aromatic rings. The van der Waals surface area contributed by atoms with E-state index >= 15 is 0 Å². The van der Waals surface area contributed by atoms with Gasteiger partial charge in [-0.15, -0.1) is 0 Å². The van der Waals surface area contributed by atoms with Gasteiger partial charge in [-0.05, 0) is 6.42 Å². The second kappa shape index (κ2) is 4.59. The van der Waals surface area contributed by atoms with Crippen molar-refractivity contribution in [3.63, 3.8) is 0 Å². The highest BCUT2D eigenvalue weighted by Crippen LogP contribution is 2.21. The molecule has 1 aromatic heterocycles. The minimum Gasteiger partial charge on any atom is -0.465 e. The third-order valence-corrected chi connectivity index (χ3v) is 3.06. The lowest BCUT2D eigenvalue weighted by Gasteiger charge is -2.07. The molecule has 1 unspecified atom stereocenters. The van der Waals surface area contributed by atoms with E-state index in [0.717, 1.165) is 18.2 Å². The first-order chi connectivity index (χ1) is 7.29. The number of ether oxygens (including phenoxy) is 2. The number of thiazole rings is 1. The second-order valence-electron chi connectivity index (χ2n) is 3.23. The molecule has 1 aliphatic heterocycles. The van der Waals surface area contributed by atoms with Crippen LogP contribution in [0.3, 0.4) is 0 Å². The fourth-order valence-corrected chi connectivity index (χ4v) is 2.17. The van der Waals surface area contributed by atoms with E-state index in [4.69, 9.17) is 4.74 Å². The van der Waals surface area contributed by atoms with Crippen LogP contribution in [-0.4, -0.2) is 37.3 Å². The van der Waals surface area contributed by atoms with Crippen LogP contribution in [0.15, 0.2) is 6.20 Å². The highest BCUT2D eigenvalue weighted by Gasteiger charge is 2.17. The Morgan fingerprint density at radius 3 is 3.33 bits per heavy atom. The fourth-order valence-electron chi connectivity index (χ4n) is 1.36. The lowest BCUT2D eigenvalue weighted by molar-refractivity contribution is 0.0606. The zero-order chi connectivity index (χ0) is 10.7. The number of rotatable bonds is 3. The molecule has 1 atom stereocenters. The maximum atomic E-state index is 11.2. The number of methoxy groups -OCH3 is 1. The molecule has 1 aliphatic rings. The molecular formula is C9H12N2O3S. The lowest BCUT2D eigenvalue weighted by atomic mass is 10.3. The summed E-state index contributed by atoms with van der Waals surface area (Å²) in [6, 6.07) is 0.307. The Hall–Kier alpha value is -1.14. The highest BCUT2D eigenvalue weighted by atomic mass is 32.1. The van der Waals surface area contributed by atoms with Crippen LogP contribution in [0.5, 0.6) is 0 Å². The van der Waals surface area contributed by atoms with Gasteiger partial charge in [0.05, 0.1) is 26.0 Å². The third kappa shape index (κ3) is 2.45. The predicted molar refractivity (Wildman–Crippen MR) is 56.3 cm³/mol. The SMILES string of the molecule is COC(=O)c1cnc(NC2CCOC2)s1. The summed E-state index contributed by atoms with van der Waals surface area (Å²) in [5.74, 6) is -0.344. The van der Waals surface area contributed by atoms with Crippen molar-refractivity contribution in [1.82, 2.24) is 4.98 Å². The zero-order valence-corrected chi connectivity index (χ0v) is 9.17. The maximum Gasteiger partial charge on any atom is 0.349 e. The minimum atomic E-state index is -0.344. The number of hydrogen-bond acceptors (Lipinski definition) is 6. The molecule has 0 aliphatic carbocycles. The van der Waals surface area contributed by atoms with Gasteiger partial charge in [0.15, 0.2) is 5.13 Å². The number of carbonyl (C=O) groups excluding carboxylic acids is 1. The molecule has 0 aromatic carbocycles. The zero-order valence-electron chi connectivity index (χ0n) is 8.36. The van der Waals surface area contributed by atoms with Crippen molar-refractivity contribution in [3.8, 4) is 0 Å². The molecular weight excluding hydrogens is 216 g/mol. The van der Waals surface area contributed by atoms with Gasteiger partial charge in [-0.1, -0.05) is 11.3 Å². The number of anilines is 1. The van der Waals surface area contributed by atoms with Crippen LogP contribution in [0.1, 0.15) is 16.1 Å². The summed E-state index contributed by atoms with van der Waals surface area (Å²) < 4.78 is 9.83. The lowest BCUT2D eigenvalue weighted by Crippen LogP contribution is -2.18. The molecule has 6 heteroatoms. The van der Waals surface area contributed by atoms with Gasteiger partial charge >= 0.3 is 5.97 Å². The average Bonchev–Trinajstić information content (AvgIpc) is 2.88. The molecule has 1 N–H and O–H groups in total. The smallest absolute Gasteiger partial charge is 0.349 e. The summed E-state index contributed by atoms with van der Waals surface area (Å²) >= 11 is 1.30. The molecule has 0 radical (unpaired) electrons. The normalized spacial score (nSPS) is 20.2. The number of carbonyl (C=O) groups is 1. The van der Waals surface area contributed by atoms with Crippen LogP contribution in [-0.2, 0) is 9.47 Å². The van der Waals surface area contributed by atoms with Crippen LogP contribution in [0.25, 0.3) is 0 Å². The number of nitrogens with one attached hydrogen (secondary N) is 1. The van der Waals surface area contributed by atoms with E-state index in [0.29, 0.717) is 17.5 Å². The van der Waals surface area contributed by atoms with Gasteiger partial charge < -0.3 is 14.8 Å². The summed E-state index contributed by atoms with van der Waals surface area (Å²) in [6.07, 6.45) is 2.50.